The lowest BCUT2D eigenvalue weighted by molar-refractivity contribution is 0.253. The number of halogens is 1. The smallest absolute Gasteiger partial charge is 0.123 e. The fourth-order valence-corrected chi connectivity index (χ4v) is 4.55. The zero-order chi connectivity index (χ0) is 18.4. The number of allylic oxidation sites excluding steroid dienone is 1. The van der Waals surface area contributed by atoms with Crippen LogP contribution in [0.1, 0.15) is 43.2 Å². The maximum absolute atomic E-state index is 13.1. The van der Waals surface area contributed by atoms with Crippen molar-refractivity contribution in [2.75, 3.05) is 7.05 Å². The Balaban J connectivity index is 1.87. The molecule has 3 rings (SSSR count). The minimum Gasteiger partial charge on any atom is -0.382 e. The van der Waals surface area contributed by atoms with Crippen LogP contribution in [-0.4, -0.2) is 17.0 Å². The van der Waals surface area contributed by atoms with Gasteiger partial charge >= 0.3 is 0 Å². The first-order chi connectivity index (χ1) is 12.7. The SMILES string of the molecule is CNC(=S)[C@@]1(c2cccnc2)CCCC[C@@H]1C/C=C/c1ccc(F)cc1. The molecule has 26 heavy (non-hydrogen) atoms. The standard InChI is InChI=1S/C22H25FN2S/c1-24-21(26)22(19-9-5-15-25-16-19)14-3-2-7-18(22)8-4-6-17-10-12-20(23)13-11-17/h4-6,9-13,15-16,18H,2-3,7-8,14H2,1H3,(H,24,26)/b6-4+/t18-,22+/m1/s1. The van der Waals surface area contributed by atoms with E-state index in [0.29, 0.717) is 5.92 Å². The summed E-state index contributed by atoms with van der Waals surface area (Å²) >= 11 is 5.80. The van der Waals surface area contributed by atoms with Gasteiger partial charge in [-0.15, -0.1) is 0 Å². The number of hydrogen-bond donors (Lipinski definition) is 1. The van der Waals surface area contributed by atoms with Crippen molar-refractivity contribution in [3.05, 3.63) is 71.8 Å². The number of thiocarbonyl (C=S) groups is 1. The molecule has 0 amide bonds. The summed E-state index contributed by atoms with van der Waals surface area (Å²) in [6.45, 7) is 0. The Kier molecular flexibility index (Phi) is 6.15. The second-order valence-electron chi connectivity index (χ2n) is 6.92. The number of benzene rings is 1. The van der Waals surface area contributed by atoms with Gasteiger partial charge in [0.1, 0.15) is 5.82 Å². The summed E-state index contributed by atoms with van der Waals surface area (Å²) in [5, 5.41) is 3.26. The average molecular weight is 369 g/mol. The van der Waals surface area contributed by atoms with E-state index in [1.54, 1.807) is 12.1 Å². The lowest BCUT2D eigenvalue weighted by Gasteiger charge is -2.44. The van der Waals surface area contributed by atoms with E-state index in [1.165, 1.54) is 30.5 Å². The molecule has 1 fully saturated rings. The van der Waals surface area contributed by atoms with Crippen molar-refractivity contribution >= 4 is 23.3 Å². The first-order valence-corrected chi connectivity index (χ1v) is 9.62. The van der Waals surface area contributed by atoms with Gasteiger partial charge in [-0.25, -0.2) is 4.39 Å². The van der Waals surface area contributed by atoms with Crippen molar-refractivity contribution < 1.29 is 4.39 Å². The highest BCUT2D eigenvalue weighted by atomic mass is 32.1. The summed E-state index contributed by atoms with van der Waals surface area (Å²) in [5.41, 5.74) is 2.06. The van der Waals surface area contributed by atoms with Gasteiger partial charge in [-0.3, -0.25) is 4.98 Å². The Bertz CT molecular complexity index is 757. The van der Waals surface area contributed by atoms with Crippen molar-refractivity contribution in [1.29, 1.82) is 0 Å². The van der Waals surface area contributed by atoms with Gasteiger partial charge in [0.25, 0.3) is 0 Å². The van der Waals surface area contributed by atoms with Crippen LogP contribution in [0.2, 0.25) is 0 Å². The van der Waals surface area contributed by atoms with E-state index in [1.807, 2.05) is 25.5 Å². The van der Waals surface area contributed by atoms with Crippen molar-refractivity contribution in [1.82, 2.24) is 10.3 Å². The number of hydrogen-bond acceptors (Lipinski definition) is 2. The van der Waals surface area contributed by atoms with Gasteiger partial charge in [0.15, 0.2) is 0 Å². The van der Waals surface area contributed by atoms with Crippen molar-refractivity contribution in [3.8, 4) is 0 Å². The first kappa shape index (κ1) is 18.7. The summed E-state index contributed by atoms with van der Waals surface area (Å²) in [6.07, 6.45) is 13.6. The van der Waals surface area contributed by atoms with Crippen LogP contribution in [-0.2, 0) is 5.41 Å². The summed E-state index contributed by atoms with van der Waals surface area (Å²) in [4.78, 5) is 5.26. The van der Waals surface area contributed by atoms with E-state index < -0.39 is 0 Å². The molecule has 1 aliphatic rings. The van der Waals surface area contributed by atoms with E-state index in [0.717, 1.165) is 29.8 Å². The molecule has 0 unspecified atom stereocenters. The maximum Gasteiger partial charge on any atom is 0.123 e. The fourth-order valence-electron chi connectivity index (χ4n) is 4.17. The molecule has 136 valence electrons. The van der Waals surface area contributed by atoms with Crippen LogP contribution in [0.5, 0.6) is 0 Å². The van der Waals surface area contributed by atoms with E-state index in [-0.39, 0.29) is 11.2 Å². The molecule has 0 radical (unpaired) electrons. The molecule has 0 bridgehead atoms. The topological polar surface area (TPSA) is 24.9 Å². The van der Waals surface area contributed by atoms with Gasteiger partial charge < -0.3 is 5.32 Å². The Morgan fingerprint density at radius 3 is 2.81 bits per heavy atom. The molecule has 4 heteroatoms. The van der Waals surface area contributed by atoms with Crippen LogP contribution in [0.25, 0.3) is 6.08 Å². The predicted octanol–water partition coefficient (Wildman–Crippen LogP) is 5.30. The van der Waals surface area contributed by atoms with Crippen molar-refractivity contribution in [3.63, 3.8) is 0 Å². The number of likely N-dealkylation sites (N-methyl/N-ethyl adjacent to an activating group) is 1. The van der Waals surface area contributed by atoms with Crippen molar-refractivity contribution in [2.45, 2.75) is 37.5 Å². The second kappa shape index (κ2) is 8.54. The number of pyridine rings is 1. The molecule has 0 saturated heterocycles. The third kappa shape index (κ3) is 3.85. The van der Waals surface area contributed by atoms with Crippen LogP contribution >= 0.6 is 12.2 Å². The monoisotopic (exact) mass is 368 g/mol. The molecular weight excluding hydrogens is 343 g/mol. The molecule has 0 spiro atoms. The molecule has 1 aromatic carbocycles. The predicted molar refractivity (Wildman–Crippen MR) is 110 cm³/mol. The number of rotatable bonds is 5. The third-order valence-electron chi connectivity index (χ3n) is 5.48. The van der Waals surface area contributed by atoms with Crippen molar-refractivity contribution in [2.24, 2.45) is 5.92 Å². The highest BCUT2D eigenvalue weighted by Crippen LogP contribution is 2.46. The third-order valence-corrected chi connectivity index (χ3v) is 6.05. The first-order valence-electron chi connectivity index (χ1n) is 9.21. The molecule has 1 N–H and O–H groups in total. The highest BCUT2D eigenvalue weighted by molar-refractivity contribution is 7.80. The van der Waals surface area contributed by atoms with Gasteiger partial charge in [-0.05, 0) is 54.5 Å². The summed E-state index contributed by atoms with van der Waals surface area (Å²) < 4.78 is 13.1. The van der Waals surface area contributed by atoms with Crippen LogP contribution in [0, 0.1) is 11.7 Å². The summed E-state index contributed by atoms with van der Waals surface area (Å²) in [7, 11) is 1.92. The van der Waals surface area contributed by atoms with E-state index in [9.17, 15) is 4.39 Å². The second-order valence-corrected chi connectivity index (χ2v) is 7.33. The summed E-state index contributed by atoms with van der Waals surface area (Å²) in [5.74, 6) is 0.224. The van der Waals surface area contributed by atoms with E-state index in [4.69, 9.17) is 12.2 Å². The van der Waals surface area contributed by atoms with Gasteiger partial charge in [0, 0.05) is 19.4 Å². The minimum atomic E-state index is -0.204. The van der Waals surface area contributed by atoms with E-state index >= 15 is 0 Å². The molecule has 1 aliphatic carbocycles. The highest BCUT2D eigenvalue weighted by Gasteiger charge is 2.44. The average Bonchev–Trinajstić information content (AvgIpc) is 2.70. The van der Waals surface area contributed by atoms with Gasteiger partial charge in [0.2, 0.25) is 0 Å². The quantitative estimate of drug-likeness (QED) is 0.725. The summed E-state index contributed by atoms with van der Waals surface area (Å²) in [6, 6.07) is 10.7. The van der Waals surface area contributed by atoms with Crippen LogP contribution in [0.3, 0.4) is 0 Å². The van der Waals surface area contributed by atoms with Crippen LogP contribution < -0.4 is 5.32 Å². The van der Waals surface area contributed by atoms with Gasteiger partial charge in [-0.2, -0.15) is 0 Å². The number of nitrogens with one attached hydrogen (secondary N) is 1. The molecule has 0 aliphatic heterocycles. The largest absolute Gasteiger partial charge is 0.382 e. The van der Waals surface area contributed by atoms with Crippen LogP contribution in [0.15, 0.2) is 54.9 Å². The lowest BCUT2D eigenvalue weighted by Crippen LogP contribution is -2.49. The molecular formula is C22H25FN2S. The molecule has 1 aromatic heterocycles. The number of aromatic nitrogens is 1. The van der Waals surface area contributed by atoms with Crippen LogP contribution in [0.4, 0.5) is 4.39 Å². The molecule has 1 heterocycles. The van der Waals surface area contributed by atoms with Gasteiger partial charge in [-0.1, -0.05) is 55.4 Å². The molecule has 2 atom stereocenters. The fraction of sp³-hybridized carbons (Fsp3) is 0.364. The Morgan fingerprint density at radius 2 is 2.12 bits per heavy atom. The zero-order valence-electron chi connectivity index (χ0n) is 15.1. The van der Waals surface area contributed by atoms with E-state index in [2.05, 4.69) is 28.5 Å². The molecule has 2 aromatic rings. The minimum absolute atomic E-state index is 0.163. The normalized spacial score (nSPS) is 23.1. The number of nitrogens with zero attached hydrogens (tertiary/aromatic N) is 1. The maximum atomic E-state index is 13.1. The Morgan fingerprint density at radius 1 is 1.31 bits per heavy atom. The lowest BCUT2D eigenvalue weighted by atomic mass is 9.61. The molecule has 2 nitrogen and oxygen atoms in total. The Labute approximate surface area is 160 Å². The van der Waals surface area contributed by atoms with Gasteiger partial charge in [0.05, 0.1) is 10.4 Å². The zero-order valence-corrected chi connectivity index (χ0v) is 15.9. The Hall–Kier alpha value is -2.07. The molecule has 1 saturated carbocycles.